The van der Waals surface area contributed by atoms with Gasteiger partial charge in [0.25, 0.3) is 0 Å². The van der Waals surface area contributed by atoms with Crippen molar-refractivity contribution in [3.05, 3.63) is 0 Å². The molecule has 15 heavy (non-hydrogen) atoms. The van der Waals surface area contributed by atoms with E-state index in [1.54, 1.807) is 0 Å². The molecule has 2 aliphatic heterocycles. The van der Waals surface area contributed by atoms with Crippen LogP contribution in [0.25, 0.3) is 0 Å². The Morgan fingerprint density at radius 3 is 2.27 bits per heavy atom. The first-order chi connectivity index (χ1) is 7.29. The molecule has 2 aliphatic rings. The SMILES string of the molecule is OC1(CCN2CCOCC2)CCOCC1. The molecule has 0 bridgehead atoms. The molecule has 0 aromatic carbocycles. The highest BCUT2D eigenvalue weighted by atomic mass is 16.5. The van der Waals surface area contributed by atoms with E-state index in [0.717, 1.165) is 52.1 Å². The van der Waals surface area contributed by atoms with E-state index in [1.165, 1.54) is 0 Å². The molecule has 4 nitrogen and oxygen atoms in total. The van der Waals surface area contributed by atoms with Crippen LogP contribution < -0.4 is 0 Å². The molecule has 2 fully saturated rings. The molecule has 0 atom stereocenters. The van der Waals surface area contributed by atoms with Crippen LogP contribution in [0.1, 0.15) is 19.3 Å². The van der Waals surface area contributed by atoms with E-state index in [1.807, 2.05) is 0 Å². The molecule has 0 amide bonds. The predicted octanol–water partition coefficient (Wildman–Crippen LogP) is 0.250. The molecule has 0 aromatic heterocycles. The van der Waals surface area contributed by atoms with E-state index in [9.17, 15) is 5.11 Å². The van der Waals surface area contributed by atoms with Crippen LogP contribution in [0.15, 0.2) is 0 Å². The van der Waals surface area contributed by atoms with Crippen LogP contribution >= 0.6 is 0 Å². The lowest BCUT2D eigenvalue weighted by Crippen LogP contribution is -2.43. The number of rotatable bonds is 3. The maximum Gasteiger partial charge on any atom is 0.0703 e. The molecule has 0 aromatic rings. The summed E-state index contributed by atoms with van der Waals surface area (Å²) in [7, 11) is 0. The summed E-state index contributed by atoms with van der Waals surface area (Å²) < 4.78 is 10.6. The maximum atomic E-state index is 10.3. The third-order valence-corrected chi connectivity index (χ3v) is 3.42. The number of aliphatic hydroxyl groups is 1. The fraction of sp³-hybridized carbons (Fsp3) is 1.00. The van der Waals surface area contributed by atoms with Gasteiger partial charge in [-0.2, -0.15) is 0 Å². The zero-order valence-corrected chi connectivity index (χ0v) is 9.28. The van der Waals surface area contributed by atoms with E-state index < -0.39 is 5.60 Å². The Labute approximate surface area is 91.2 Å². The fourth-order valence-corrected chi connectivity index (χ4v) is 2.19. The highest BCUT2D eigenvalue weighted by molar-refractivity contribution is 4.82. The normalized spacial score (nSPS) is 27.8. The van der Waals surface area contributed by atoms with E-state index in [0.29, 0.717) is 13.2 Å². The Morgan fingerprint density at radius 1 is 1.00 bits per heavy atom. The van der Waals surface area contributed by atoms with Crippen LogP contribution in [0, 0.1) is 0 Å². The number of nitrogens with zero attached hydrogens (tertiary/aromatic N) is 1. The Morgan fingerprint density at radius 2 is 1.60 bits per heavy atom. The van der Waals surface area contributed by atoms with Gasteiger partial charge in [-0.1, -0.05) is 0 Å². The summed E-state index contributed by atoms with van der Waals surface area (Å²) >= 11 is 0. The lowest BCUT2D eigenvalue weighted by molar-refractivity contribution is -0.0750. The first-order valence-electron chi connectivity index (χ1n) is 5.89. The molecule has 0 aliphatic carbocycles. The number of hydrogen-bond donors (Lipinski definition) is 1. The maximum absolute atomic E-state index is 10.3. The Balaban J connectivity index is 1.70. The molecule has 2 heterocycles. The molecule has 2 saturated heterocycles. The largest absolute Gasteiger partial charge is 0.390 e. The molecule has 0 radical (unpaired) electrons. The van der Waals surface area contributed by atoms with Crippen LogP contribution in [0.2, 0.25) is 0 Å². The first kappa shape index (κ1) is 11.3. The predicted molar refractivity (Wildman–Crippen MR) is 56.9 cm³/mol. The smallest absolute Gasteiger partial charge is 0.0703 e. The van der Waals surface area contributed by atoms with Crippen molar-refractivity contribution in [3.63, 3.8) is 0 Å². The molecule has 0 saturated carbocycles. The second-order valence-corrected chi connectivity index (χ2v) is 4.54. The molecule has 88 valence electrons. The third kappa shape index (κ3) is 3.41. The van der Waals surface area contributed by atoms with Crippen molar-refractivity contribution in [1.82, 2.24) is 4.90 Å². The second-order valence-electron chi connectivity index (χ2n) is 4.54. The number of hydrogen-bond acceptors (Lipinski definition) is 4. The van der Waals surface area contributed by atoms with Crippen molar-refractivity contribution in [1.29, 1.82) is 0 Å². The van der Waals surface area contributed by atoms with Gasteiger partial charge in [0.05, 0.1) is 18.8 Å². The molecule has 1 N–H and O–H groups in total. The minimum atomic E-state index is -0.476. The summed E-state index contributed by atoms with van der Waals surface area (Å²) in [4.78, 5) is 2.37. The van der Waals surface area contributed by atoms with Crippen molar-refractivity contribution < 1.29 is 14.6 Å². The van der Waals surface area contributed by atoms with Gasteiger partial charge in [0, 0.05) is 32.8 Å². The van der Waals surface area contributed by atoms with Gasteiger partial charge in [-0.25, -0.2) is 0 Å². The first-order valence-corrected chi connectivity index (χ1v) is 5.89. The van der Waals surface area contributed by atoms with Gasteiger partial charge in [-0.05, 0) is 19.3 Å². The summed E-state index contributed by atoms with van der Waals surface area (Å²) in [5.41, 5.74) is -0.476. The van der Waals surface area contributed by atoms with Crippen molar-refractivity contribution >= 4 is 0 Å². The van der Waals surface area contributed by atoms with Crippen LogP contribution in [0.4, 0.5) is 0 Å². The molecular formula is C11H21NO3. The van der Waals surface area contributed by atoms with Crippen molar-refractivity contribution in [2.24, 2.45) is 0 Å². The Hall–Kier alpha value is -0.160. The molecular weight excluding hydrogens is 194 g/mol. The van der Waals surface area contributed by atoms with E-state index in [4.69, 9.17) is 9.47 Å². The molecule has 2 rings (SSSR count). The summed E-state index contributed by atoms with van der Waals surface area (Å²) in [5.74, 6) is 0. The van der Waals surface area contributed by atoms with Gasteiger partial charge in [-0.15, -0.1) is 0 Å². The average Bonchev–Trinajstić information content (AvgIpc) is 2.29. The number of ether oxygens (including phenoxy) is 2. The summed E-state index contributed by atoms with van der Waals surface area (Å²) in [6, 6.07) is 0. The van der Waals surface area contributed by atoms with Crippen LogP contribution in [0.5, 0.6) is 0 Å². The summed E-state index contributed by atoms with van der Waals surface area (Å²) in [6.07, 6.45) is 2.45. The number of morpholine rings is 1. The van der Waals surface area contributed by atoms with Crippen LogP contribution in [0.3, 0.4) is 0 Å². The van der Waals surface area contributed by atoms with Gasteiger partial charge in [0.2, 0.25) is 0 Å². The lowest BCUT2D eigenvalue weighted by atomic mass is 9.90. The van der Waals surface area contributed by atoms with Crippen molar-refractivity contribution in [3.8, 4) is 0 Å². The van der Waals surface area contributed by atoms with Crippen molar-refractivity contribution in [2.45, 2.75) is 24.9 Å². The summed E-state index contributed by atoms with van der Waals surface area (Å²) in [6.45, 7) is 6.08. The quantitative estimate of drug-likeness (QED) is 0.733. The lowest BCUT2D eigenvalue weighted by Gasteiger charge is -2.35. The van der Waals surface area contributed by atoms with E-state index in [2.05, 4.69) is 4.90 Å². The van der Waals surface area contributed by atoms with E-state index in [-0.39, 0.29) is 0 Å². The average molecular weight is 215 g/mol. The zero-order chi connectivity index (χ0) is 10.6. The Bertz CT molecular complexity index is 186. The monoisotopic (exact) mass is 215 g/mol. The topological polar surface area (TPSA) is 41.9 Å². The van der Waals surface area contributed by atoms with Gasteiger partial charge < -0.3 is 14.6 Å². The van der Waals surface area contributed by atoms with Gasteiger partial charge in [0.1, 0.15) is 0 Å². The third-order valence-electron chi connectivity index (χ3n) is 3.42. The summed E-state index contributed by atoms with van der Waals surface area (Å²) in [5, 5.41) is 10.3. The fourth-order valence-electron chi connectivity index (χ4n) is 2.19. The molecule has 4 heteroatoms. The van der Waals surface area contributed by atoms with Crippen LogP contribution in [-0.4, -0.2) is 61.7 Å². The second kappa shape index (κ2) is 5.25. The highest BCUT2D eigenvalue weighted by Crippen LogP contribution is 2.24. The van der Waals surface area contributed by atoms with E-state index >= 15 is 0 Å². The highest BCUT2D eigenvalue weighted by Gasteiger charge is 2.30. The van der Waals surface area contributed by atoms with Gasteiger partial charge >= 0.3 is 0 Å². The van der Waals surface area contributed by atoms with Gasteiger partial charge in [0.15, 0.2) is 0 Å². The minimum absolute atomic E-state index is 0.476. The van der Waals surface area contributed by atoms with Gasteiger partial charge in [-0.3, -0.25) is 4.90 Å². The standard InChI is InChI=1S/C11H21NO3/c13-11(2-7-14-8-3-11)1-4-12-5-9-15-10-6-12/h13H,1-10H2. The molecule has 0 spiro atoms. The van der Waals surface area contributed by atoms with Crippen molar-refractivity contribution in [2.75, 3.05) is 46.1 Å². The molecule has 0 unspecified atom stereocenters. The Kier molecular flexibility index (Phi) is 3.97. The van der Waals surface area contributed by atoms with Crippen LogP contribution in [-0.2, 0) is 9.47 Å². The minimum Gasteiger partial charge on any atom is -0.390 e. The zero-order valence-electron chi connectivity index (χ0n) is 9.28.